The van der Waals surface area contributed by atoms with Gasteiger partial charge in [0, 0.05) is 19.0 Å². The number of carbonyl (C=O) groups excluding carboxylic acids is 1. The fourth-order valence-electron chi connectivity index (χ4n) is 1.34. The van der Waals surface area contributed by atoms with Gasteiger partial charge in [0.1, 0.15) is 11.9 Å². The standard InChI is InChI=1S/C8H10F3NO5S/c1-5-4-12(7(13)14)3-2-6(5)17-18(15,16)8(9,10)11/h2,5H,3-4H2,1H3,(H,13,14)/p-1. The van der Waals surface area contributed by atoms with Crippen LogP contribution in [0.3, 0.4) is 0 Å². The first kappa shape index (κ1) is 14.6. The maximum atomic E-state index is 12.1. The maximum Gasteiger partial charge on any atom is 0.534 e. The van der Waals surface area contributed by atoms with Crippen molar-refractivity contribution in [2.45, 2.75) is 12.4 Å². The van der Waals surface area contributed by atoms with E-state index in [4.69, 9.17) is 0 Å². The van der Waals surface area contributed by atoms with Crippen molar-refractivity contribution in [2.24, 2.45) is 5.92 Å². The van der Waals surface area contributed by atoms with Gasteiger partial charge in [0.2, 0.25) is 0 Å². The van der Waals surface area contributed by atoms with Gasteiger partial charge in [-0.25, -0.2) is 0 Å². The number of nitrogens with zero attached hydrogens (tertiary/aromatic N) is 1. The zero-order valence-electron chi connectivity index (χ0n) is 9.10. The molecule has 0 bridgehead atoms. The number of carbonyl (C=O) groups is 1. The number of amides is 1. The van der Waals surface area contributed by atoms with Crippen LogP contribution in [-0.4, -0.2) is 38.0 Å². The minimum Gasteiger partial charge on any atom is -0.530 e. The molecule has 0 saturated carbocycles. The predicted octanol–water partition coefficient (Wildman–Crippen LogP) is 0.0315. The van der Waals surface area contributed by atoms with Crippen molar-refractivity contribution in [2.75, 3.05) is 13.1 Å². The topological polar surface area (TPSA) is 86.7 Å². The highest BCUT2D eigenvalue weighted by atomic mass is 32.2. The fourth-order valence-corrected chi connectivity index (χ4v) is 1.92. The molecule has 1 amide bonds. The van der Waals surface area contributed by atoms with Crippen molar-refractivity contribution in [3.8, 4) is 0 Å². The summed E-state index contributed by atoms with van der Waals surface area (Å²) in [5.41, 5.74) is -5.51. The lowest BCUT2D eigenvalue weighted by molar-refractivity contribution is -0.265. The molecule has 1 unspecified atom stereocenters. The van der Waals surface area contributed by atoms with Crippen LogP contribution in [-0.2, 0) is 14.3 Å². The van der Waals surface area contributed by atoms with Gasteiger partial charge in [-0.2, -0.15) is 21.6 Å². The lowest BCUT2D eigenvalue weighted by Gasteiger charge is -2.32. The Bertz CT molecular complexity index is 470. The Labute approximate surface area is 101 Å². The Hall–Kier alpha value is -1.45. The molecule has 0 fully saturated rings. The molecule has 1 heterocycles. The van der Waals surface area contributed by atoms with E-state index in [1.54, 1.807) is 0 Å². The van der Waals surface area contributed by atoms with E-state index in [1.165, 1.54) is 6.92 Å². The Balaban J connectivity index is 2.85. The highest BCUT2D eigenvalue weighted by molar-refractivity contribution is 7.87. The monoisotopic (exact) mass is 288 g/mol. The van der Waals surface area contributed by atoms with Crippen LogP contribution in [0.4, 0.5) is 18.0 Å². The second kappa shape index (κ2) is 4.67. The largest absolute Gasteiger partial charge is 0.534 e. The summed E-state index contributed by atoms with van der Waals surface area (Å²) in [5.74, 6) is -1.24. The summed E-state index contributed by atoms with van der Waals surface area (Å²) >= 11 is 0. The van der Waals surface area contributed by atoms with E-state index in [1.807, 2.05) is 0 Å². The highest BCUT2D eigenvalue weighted by Crippen LogP contribution is 2.29. The first-order chi connectivity index (χ1) is 8.04. The highest BCUT2D eigenvalue weighted by Gasteiger charge is 2.49. The van der Waals surface area contributed by atoms with Gasteiger partial charge >= 0.3 is 15.6 Å². The zero-order valence-corrected chi connectivity index (χ0v) is 9.92. The van der Waals surface area contributed by atoms with Crippen LogP contribution in [0.5, 0.6) is 0 Å². The summed E-state index contributed by atoms with van der Waals surface area (Å²) in [6.07, 6.45) is -0.524. The summed E-state index contributed by atoms with van der Waals surface area (Å²) < 4.78 is 61.7. The van der Waals surface area contributed by atoms with Crippen molar-refractivity contribution in [1.29, 1.82) is 0 Å². The van der Waals surface area contributed by atoms with Gasteiger partial charge in [0.05, 0.1) is 0 Å². The molecular formula is C8H9F3NO5S-. The van der Waals surface area contributed by atoms with Crippen molar-refractivity contribution in [1.82, 2.24) is 4.90 Å². The summed E-state index contributed by atoms with van der Waals surface area (Å²) in [5, 5.41) is 10.5. The smallest absolute Gasteiger partial charge is 0.530 e. The summed E-state index contributed by atoms with van der Waals surface area (Å²) in [7, 11) is -5.72. The lowest BCUT2D eigenvalue weighted by Crippen LogP contribution is -2.46. The molecule has 1 aliphatic heterocycles. The van der Waals surface area contributed by atoms with Crippen LogP contribution in [0.1, 0.15) is 6.92 Å². The third-order valence-electron chi connectivity index (χ3n) is 2.24. The Kier molecular flexibility index (Phi) is 3.79. The molecule has 6 nitrogen and oxygen atoms in total. The molecule has 18 heavy (non-hydrogen) atoms. The minimum atomic E-state index is -5.72. The van der Waals surface area contributed by atoms with Gasteiger partial charge in [-0.15, -0.1) is 0 Å². The lowest BCUT2D eigenvalue weighted by atomic mass is 10.1. The predicted molar refractivity (Wildman–Crippen MR) is 50.3 cm³/mol. The van der Waals surface area contributed by atoms with Gasteiger partial charge in [-0.1, -0.05) is 6.92 Å². The summed E-state index contributed by atoms with van der Waals surface area (Å²) in [4.78, 5) is 11.3. The zero-order chi connectivity index (χ0) is 14.1. The van der Waals surface area contributed by atoms with E-state index in [0.29, 0.717) is 0 Å². The number of carboxylic acid groups (broad SMARTS) is 1. The number of halogens is 3. The molecular weight excluding hydrogens is 279 g/mol. The molecule has 0 radical (unpaired) electrons. The Morgan fingerprint density at radius 3 is 2.50 bits per heavy atom. The quantitative estimate of drug-likeness (QED) is 0.528. The Morgan fingerprint density at radius 1 is 1.56 bits per heavy atom. The average Bonchev–Trinajstić information content (AvgIpc) is 2.18. The van der Waals surface area contributed by atoms with Gasteiger partial charge in [-0.05, 0) is 6.08 Å². The van der Waals surface area contributed by atoms with Crippen molar-refractivity contribution < 1.29 is 35.7 Å². The minimum absolute atomic E-state index is 0.193. The van der Waals surface area contributed by atoms with E-state index in [-0.39, 0.29) is 13.1 Å². The molecule has 1 atom stereocenters. The number of rotatable bonds is 2. The van der Waals surface area contributed by atoms with E-state index < -0.39 is 33.4 Å². The number of hydrogen-bond donors (Lipinski definition) is 0. The molecule has 1 aliphatic rings. The van der Waals surface area contributed by atoms with E-state index in [2.05, 4.69) is 4.18 Å². The Morgan fingerprint density at radius 2 is 2.11 bits per heavy atom. The van der Waals surface area contributed by atoms with Crippen molar-refractivity contribution in [3.05, 3.63) is 11.8 Å². The maximum absolute atomic E-state index is 12.1. The third kappa shape index (κ3) is 3.06. The van der Waals surface area contributed by atoms with Crippen molar-refractivity contribution >= 4 is 16.2 Å². The summed E-state index contributed by atoms with van der Waals surface area (Å²) in [6.45, 7) is 0.865. The molecule has 0 saturated heterocycles. The molecule has 0 aliphatic carbocycles. The number of hydrogen-bond acceptors (Lipinski definition) is 5. The normalized spacial score (nSPS) is 21.4. The van der Waals surface area contributed by atoms with Gasteiger partial charge in [0.15, 0.2) is 0 Å². The molecule has 0 spiro atoms. The molecule has 0 aromatic heterocycles. The first-order valence-corrected chi connectivity index (χ1v) is 6.12. The molecule has 10 heteroatoms. The van der Waals surface area contributed by atoms with Crippen LogP contribution in [0, 0.1) is 5.92 Å². The average molecular weight is 288 g/mol. The van der Waals surface area contributed by atoms with Crippen LogP contribution in [0.15, 0.2) is 11.8 Å². The van der Waals surface area contributed by atoms with Crippen LogP contribution >= 0.6 is 0 Å². The van der Waals surface area contributed by atoms with Crippen LogP contribution in [0.25, 0.3) is 0 Å². The van der Waals surface area contributed by atoms with E-state index in [0.717, 1.165) is 11.0 Å². The third-order valence-corrected chi connectivity index (χ3v) is 3.22. The number of alkyl halides is 3. The SMILES string of the molecule is CC1CN(C(=O)[O-])CC=C1OS(=O)(=O)C(F)(F)F. The van der Waals surface area contributed by atoms with E-state index >= 15 is 0 Å². The summed E-state index contributed by atoms with van der Waals surface area (Å²) in [6, 6.07) is 0. The molecule has 104 valence electrons. The molecule has 0 aromatic rings. The molecule has 0 aromatic carbocycles. The van der Waals surface area contributed by atoms with Gasteiger partial charge in [-0.3, -0.25) is 0 Å². The van der Waals surface area contributed by atoms with Crippen LogP contribution < -0.4 is 5.11 Å². The van der Waals surface area contributed by atoms with Crippen molar-refractivity contribution in [3.63, 3.8) is 0 Å². The van der Waals surface area contributed by atoms with Gasteiger partial charge < -0.3 is 19.0 Å². The molecule has 1 rings (SSSR count). The second-order valence-corrected chi connectivity index (χ2v) is 5.20. The van der Waals surface area contributed by atoms with Crippen LogP contribution in [0.2, 0.25) is 0 Å². The molecule has 0 N–H and O–H groups in total. The van der Waals surface area contributed by atoms with Gasteiger partial charge in [0.25, 0.3) is 0 Å². The second-order valence-electron chi connectivity index (χ2n) is 3.66. The first-order valence-electron chi connectivity index (χ1n) is 4.71. The fraction of sp³-hybridized carbons (Fsp3) is 0.625. The van der Waals surface area contributed by atoms with E-state index in [9.17, 15) is 31.5 Å².